The molecule has 0 saturated carbocycles. The zero-order chi connectivity index (χ0) is 22.0. The molecule has 10 heteroatoms. The van der Waals surface area contributed by atoms with Crippen molar-refractivity contribution in [1.29, 1.82) is 0 Å². The summed E-state index contributed by atoms with van der Waals surface area (Å²) in [6.07, 6.45) is -1.94. The van der Waals surface area contributed by atoms with E-state index in [-0.39, 0.29) is 12.8 Å². The van der Waals surface area contributed by atoms with Crippen LogP contribution in [0.15, 0.2) is 18.5 Å². The smallest absolute Gasteiger partial charge is 0.408 e. The Labute approximate surface area is 166 Å². The van der Waals surface area contributed by atoms with Crippen molar-refractivity contribution in [3.05, 3.63) is 29.7 Å². The topological polar surface area (TPSA) is 85.6 Å². The molecule has 0 saturated heterocycles. The van der Waals surface area contributed by atoms with Gasteiger partial charge in [0.05, 0.1) is 29.5 Å². The summed E-state index contributed by atoms with van der Waals surface area (Å²) < 4.78 is 46.4. The van der Waals surface area contributed by atoms with Crippen molar-refractivity contribution >= 4 is 18.0 Å². The molecule has 0 spiro atoms. The van der Waals surface area contributed by atoms with E-state index in [1.807, 2.05) is 0 Å². The zero-order valence-electron chi connectivity index (χ0n) is 17.0. The van der Waals surface area contributed by atoms with Crippen LogP contribution < -0.4 is 5.32 Å². The second-order valence-corrected chi connectivity index (χ2v) is 8.49. The molecule has 0 fully saturated rings. The van der Waals surface area contributed by atoms with Crippen molar-refractivity contribution in [2.45, 2.75) is 65.3 Å². The maximum Gasteiger partial charge on any atom is 0.408 e. The van der Waals surface area contributed by atoms with Gasteiger partial charge in [0.25, 0.3) is 0 Å². The number of carbonyl (C=O) groups excluding carboxylic acids is 2. The van der Waals surface area contributed by atoms with Gasteiger partial charge in [-0.05, 0) is 39.7 Å². The first kappa shape index (κ1) is 22.6. The number of nitrogens with zero attached hydrogens (tertiary/aromatic N) is 3. The third-order valence-electron chi connectivity index (χ3n) is 4.37. The highest BCUT2D eigenvalue weighted by molar-refractivity contribution is 5.76. The van der Waals surface area contributed by atoms with Crippen LogP contribution in [0.3, 0.4) is 0 Å². The SMILES string of the molecule is CC(C)(C)OC(=O)N[C@H](CCC(C)(C)C(F)(F)F)c1cn2ncc(C=O)cc2n1. The highest BCUT2D eigenvalue weighted by Crippen LogP contribution is 2.42. The molecular weight excluding hydrogens is 389 g/mol. The van der Waals surface area contributed by atoms with Gasteiger partial charge in [-0.25, -0.2) is 14.3 Å². The minimum atomic E-state index is -4.39. The number of aldehydes is 1. The minimum absolute atomic E-state index is 0.0177. The lowest BCUT2D eigenvalue weighted by molar-refractivity contribution is -0.214. The molecule has 160 valence electrons. The molecule has 2 heterocycles. The van der Waals surface area contributed by atoms with E-state index in [1.54, 1.807) is 20.8 Å². The lowest BCUT2D eigenvalue weighted by Crippen LogP contribution is -2.37. The molecule has 1 amide bonds. The predicted molar refractivity (Wildman–Crippen MR) is 99.6 cm³/mol. The fraction of sp³-hybridized carbons (Fsp3) is 0.579. The van der Waals surface area contributed by atoms with Crippen molar-refractivity contribution in [2.24, 2.45) is 5.41 Å². The number of ether oxygens (including phenoxy) is 1. The maximum atomic E-state index is 13.2. The highest BCUT2D eigenvalue weighted by Gasteiger charge is 2.47. The molecule has 0 unspecified atom stereocenters. The molecule has 2 aromatic rings. The largest absolute Gasteiger partial charge is 0.444 e. The number of carbonyl (C=O) groups is 2. The van der Waals surface area contributed by atoms with Gasteiger partial charge in [0.1, 0.15) is 5.60 Å². The number of aromatic nitrogens is 3. The number of hydrogen-bond acceptors (Lipinski definition) is 5. The number of halogens is 3. The molecule has 0 aliphatic rings. The fourth-order valence-electron chi connectivity index (χ4n) is 2.53. The Balaban J connectivity index is 2.31. The van der Waals surface area contributed by atoms with E-state index in [2.05, 4.69) is 15.4 Å². The standard InChI is InChI=1S/C19H25F3N4O3/c1-17(2,3)29-16(28)25-13(6-7-18(4,5)19(20,21)22)14-10-26-15(24-14)8-12(11-27)9-23-26/h8-11,13H,6-7H2,1-5H3,(H,25,28)/t13-/m1/s1. The number of alkyl carbamates (subject to hydrolysis) is 1. The van der Waals surface area contributed by atoms with Gasteiger partial charge in [-0.3, -0.25) is 4.79 Å². The summed E-state index contributed by atoms with van der Waals surface area (Å²) in [5, 5.41) is 6.64. The molecule has 0 radical (unpaired) electrons. The number of alkyl halides is 3. The van der Waals surface area contributed by atoms with E-state index in [0.29, 0.717) is 23.2 Å². The van der Waals surface area contributed by atoms with E-state index < -0.39 is 29.3 Å². The molecule has 0 aliphatic heterocycles. The summed E-state index contributed by atoms with van der Waals surface area (Å²) in [6, 6.07) is 0.668. The van der Waals surface area contributed by atoms with Crippen LogP contribution in [0.4, 0.5) is 18.0 Å². The summed E-state index contributed by atoms with van der Waals surface area (Å²) in [5.74, 6) is 0. The first-order valence-electron chi connectivity index (χ1n) is 9.08. The lowest BCUT2D eigenvalue weighted by atomic mass is 9.85. The van der Waals surface area contributed by atoms with Crippen molar-refractivity contribution in [2.75, 3.05) is 0 Å². The fourth-order valence-corrected chi connectivity index (χ4v) is 2.53. The Hall–Kier alpha value is -2.65. The van der Waals surface area contributed by atoms with Crippen LogP contribution in [0.1, 0.15) is 69.6 Å². The third-order valence-corrected chi connectivity index (χ3v) is 4.37. The van der Waals surface area contributed by atoms with Gasteiger partial charge in [0.2, 0.25) is 0 Å². The van der Waals surface area contributed by atoms with Crippen molar-refractivity contribution in [1.82, 2.24) is 19.9 Å². The highest BCUT2D eigenvalue weighted by atomic mass is 19.4. The van der Waals surface area contributed by atoms with Crippen LogP contribution in [-0.4, -0.2) is 38.8 Å². The van der Waals surface area contributed by atoms with Gasteiger partial charge in [0.15, 0.2) is 11.9 Å². The molecule has 29 heavy (non-hydrogen) atoms. The molecule has 2 aromatic heterocycles. The van der Waals surface area contributed by atoms with E-state index in [9.17, 15) is 22.8 Å². The lowest BCUT2D eigenvalue weighted by Gasteiger charge is -2.29. The van der Waals surface area contributed by atoms with Gasteiger partial charge < -0.3 is 10.1 Å². The number of amides is 1. The Morgan fingerprint density at radius 3 is 2.48 bits per heavy atom. The van der Waals surface area contributed by atoms with E-state index in [4.69, 9.17) is 4.74 Å². The van der Waals surface area contributed by atoms with E-state index in [1.165, 1.54) is 23.0 Å². The Kier molecular flexibility index (Phi) is 6.24. The normalized spacial score (nSPS) is 13.9. The van der Waals surface area contributed by atoms with Crippen LogP contribution in [0.25, 0.3) is 5.65 Å². The molecule has 7 nitrogen and oxygen atoms in total. The van der Waals surface area contributed by atoms with Crippen molar-refractivity contribution < 1.29 is 27.5 Å². The van der Waals surface area contributed by atoms with Crippen molar-refractivity contribution in [3.8, 4) is 0 Å². The number of nitrogens with one attached hydrogen (secondary N) is 1. The molecule has 0 bridgehead atoms. The predicted octanol–water partition coefficient (Wildman–Crippen LogP) is 4.48. The number of hydrogen-bond donors (Lipinski definition) is 1. The van der Waals surface area contributed by atoms with Gasteiger partial charge in [-0.1, -0.05) is 13.8 Å². The van der Waals surface area contributed by atoms with E-state index in [0.717, 1.165) is 13.8 Å². The maximum absolute atomic E-state index is 13.2. The molecule has 0 aliphatic carbocycles. The first-order chi connectivity index (χ1) is 13.2. The van der Waals surface area contributed by atoms with Gasteiger partial charge >= 0.3 is 12.3 Å². The summed E-state index contributed by atoms with van der Waals surface area (Å²) in [6.45, 7) is 7.27. The zero-order valence-corrected chi connectivity index (χ0v) is 17.0. The van der Waals surface area contributed by atoms with Crippen LogP contribution in [-0.2, 0) is 4.74 Å². The quantitative estimate of drug-likeness (QED) is 0.705. The number of rotatable bonds is 6. The van der Waals surface area contributed by atoms with Gasteiger partial charge in [-0.2, -0.15) is 18.3 Å². The molecule has 1 N–H and O–H groups in total. The average molecular weight is 414 g/mol. The molecule has 1 atom stereocenters. The second-order valence-electron chi connectivity index (χ2n) is 8.49. The minimum Gasteiger partial charge on any atom is -0.444 e. The van der Waals surface area contributed by atoms with Crippen molar-refractivity contribution in [3.63, 3.8) is 0 Å². The average Bonchev–Trinajstić information content (AvgIpc) is 2.98. The third kappa shape index (κ3) is 5.91. The van der Waals surface area contributed by atoms with Crippen LogP contribution in [0, 0.1) is 5.41 Å². The molecule has 0 aromatic carbocycles. The van der Waals surface area contributed by atoms with Crippen LogP contribution in [0.2, 0.25) is 0 Å². The Bertz CT molecular complexity index is 885. The summed E-state index contributed by atoms with van der Waals surface area (Å²) >= 11 is 0. The van der Waals surface area contributed by atoms with Gasteiger partial charge in [0, 0.05) is 5.56 Å². The van der Waals surface area contributed by atoms with E-state index >= 15 is 0 Å². The second kappa shape index (κ2) is 8.00. The van der Waals surface area contributed by atoms with Crippen LogP contribution in [0.5, 0.6) is 0 Å². The Morgan fingerprint density at radius 2 is 1.93 bits per heavy atom. The number of imidazole rings is 1. The summed E-state index contributed by atoms with van der Waals surface area (Å²) in [7, 11) is 0. The summed E-state index contributed by atoms with van der Waals surface area (Å²) in [4.78, 5) is 27.5. The van der Waals surface area contributed by atoms with Gasteiger partial charge in [-0.15, -0.1) is 0 Å². The monoisotopic (exact) mass is 414 g/mol. The van der Waals surface area contributed by atoms with Crippen LogP contribution >= 0.6 is 0 Å². The first-order valence-corrected chi connectivity index (χ1v) is 9.08. The summed E-state index contributed by atoms with van der Waals surface area (Å²) in [5.41, 5.74) is -1.73. The Morgan fingerprint density at radius 1 is 1.28 bits per heavy atom. The molecule has 2 rings (SSSR count). The number of fused-ring (bicyclic) bond motifs is 1. The molecular formula is C19H25F3N4O3.